The maximum atomic E-state index is 5.52. The summed E-state index contributed by atoms with van der Waals surface area (Å²) in [5.74, 6) is 1.71. The summed E-state index contributed by atoms with van der Waals surface area (Å²) in [6, 6.07) is 6.89. The highest BCUT2D eigenvalue weighted by molar-refractivity contribution is 7.10. The molecular formula is C17H25N5OS. The Morgan fingerprint density at radius 1 is 1.38 bits per heavy atom. The van der Waals surface area contributed by atoms with Crippen LogP contribution >= 0.6 is 11.3 Å². The summed E-state index contributed by atoms with van der Waals surface area (Å²) in [4.78, 5) is 3.99. The van der Waals surface area contributed by atoms with Crippen LogP contribution in [0.15, 0.2) is 29.8 Å². The second-order valence-corrected chi connectivity index (χ2v) is 7.46. The molecule has 0 amide bonds. The predicted octanol–water partition coefficient (Wildman–Crippen LogP) is 1.65. The number of hydrogen-bond acceptors (Lipinski definition) is 6. The highest BCUT2D eigenvalue weighted by atomic mass is 32.1. The minimum Gasteiger partial charge on any atom is -0.379 e. The zero-order valence-electron chi connectivity index (χ0n) is 13.9. The molecule has 2 aliphatic heterocycles. The lowest BCUT2D eigenvalue weighted by atomic mass is 10.1. The molecule has 2 aliphatic rings. The van der Waals surface area contributed by atoms with E-state index < -0.39 is 0 Å². The topological polar surface area (TPSA) is 54.4 Å². The minimum absolute atomic E-state index is 0.450. The lowest BCUT2D eigenvalue weighted by Crippen LogP contribution is -2.44. The molecule has 2 aromatic rings. The van der Waals surface area contributed by atoms with Gasteiger partial charge in [-0.15, -0.1) is 11.3 Å². The van der Waals surface area contributed by atoms with Crippen molar-refractivity contribution < 1.29 is 4.74 Å². The molecule has 24 heavy (non-hydrogen) atoms. The lowest BCUT2D eigenvalue weighted by molar-refractivity contribution is 0.0167. The SMILES string of the molecule is c1csc(C(CNCC2CNc3ccnn3C2)N2CCOCC2)c1. The van der Waals surface area contributed by atoms with E-state index in [0.717, 1.165) is 58.3 Å². The molecule has 4 rings (SSSR count). The first-order chi connectivity index (χ1) is 11.9. The van der Waals surface area contributed by atoms with Gasteiger partial charge in [0.15, 0.2) is 0 Å². The van der Waals surface area contributed by atoms with E-state index in [1.54, 1.807) is 0 Å². The molecule has 2 unspecified atom stereocenters. The van der Waals surface area contributed by atoms with E-state index in [2.05, 4.69) is 42.8 Å². The Bertz CT molecular complexity index is 623. The number of nitrogens with one attached hydrogen (secondary N) is 2. The number of anilines is 1. The van der Waals surface area contributed by atoms with Gasteiger partial charge < -0.3 is 15.4 Å². The molecule has 0 aliphatic carbocycles. The molecule has 4 heterocycles. The second-order valence-electron chi connectivity index (χ2n) is 6.48. The molecule has 2 aromatic heterocycles. The summed E-state index contributed by atoms with van der Waals surface area (Å²) in [7, 11) is 0. The average Bonchev–Trinajstić information content (AvgIpc) is 3.30. The summed E-state index contributed by atoms with van der Waals surface area (Å²) in [6.07, 6.45) is 1.86. The van der Waals surface area contributed by atoms with Crippen LogP contribution in [0, 0.1) is 5.92 Å². The van der Waals surface area contributed by atoms with Gasteiger partial charge in [-0.1, -0.05) is 6.07 Å². The van der Waals surface area contributed by atoms with Crippen molar-refractivity contribution in [2.75, 3.05) is 51.3 Å². The van der Waals surface area contributed by atoms with E-state index in [9.17, 15) is 0 Å². The number of rotatable bonds is 6. The van der Waals surface area contributed by atoms with Crippen molar-refractivity contribution in [2.24, 2.45) is 5.92 Å². The molecule has 1 saturated heterocycles. The summed E-state index contributed by atoms with van der Waals surface area (Å²) >= 11 is 1.85. The molecule has 0 radical (unpaired) electrons. The van der Waals surface area contributed by atoms with E-state index >= 15 is 0 Å². The normalized spacial score (nSPS) is 22.8. The summed E-state index contributed by atoms with van der Waals surface area (Å²) in [5.41, 5.74) is 0. The smallest absolute Gasteiger partial charge is 0.124 e. The minimum atomic E-state index is 0.450. The van der Waals surface area contributed by atoms with Crippen LogP contribution in [0.5, 0.6) is 0 Å². The monoisotopic (exact) mass is 347 g/mol. The first-order valence-corrected chi connectivity index (χ1v) is 9.60. The first kappa shape index (κ1) is 16.1. The van der Waals surface area contributed by atoms with Crippen molar-refractivity contribution >= 4 is 17.2 Å². The van der Waals surface area contributed by atoms with Crippen LogP contribution in [0.25, 0.3) is 0 Å². The molecule has 0 saturated carbocycles. The molecule has 2 atom stereocenters. The van der Waals surface area contributed by atoms with Crippen molar-refractivity contribution in [2.45, 2.75) is 12.6 Å². The second kappa shape index (κ2) is 7.65. The third-order valence-corrected chi connectivity index (χ3v) is 5.82. The molecule has 0 spiro atoms. The third kappa shape index (κ3) is 3.64. The highest BCUT2D eigenvalue weighted by Crippen LogP contribution is 2.25. The Balaban J connectivity index is 1.32. The predicted molar refractivity (Wildman–Crippen MR) is 96.5 cm³/mol. The van der Waals surface area contributed by atoms with Crippen molar-refractivity contribution in [3.05, 3.63) is 34.7 Å². The van der Waals surface area contributed by atoms with Crippen LogP contribution in [0.1, 0.15) is 10.9 Å². The number of hydrogen-bond donors (Lipinski definition) is 2. The third-order valence-electron chi connectivity index (χ3n) is 4.85. The van der Waals surface area contributed by atoms with Gasteiger partial charge in [0, 0.05) is 56.1 Å². The molecule has 0 bridgehead atoms. The Kier molecular flexibility index (Phi) is 5.13. The summed E-state index contributed by atoms with van der Waals surface area (Å²) in [5, 5.41) is 13.7. The van der Waals surface area contributed by atoms with Gasteiger partial charge in [0.2, 0.25) is 0 Å². The highest BCUT2D eigenvalue weighted by Gasteiger charge is 2.24. The van der Waals surface area contributed by atoms with Gasteiger partial charge >= 0.3 is 0 Å². The van der Waals surface area contributed by atoms with E-state index in [1.165, 1.54) is 4.88 Å². The van der Waals surface area contributed by atoms with Gasteiger partial charge in [0.1, 0.15) is 5.82 Å². The largest absolute Gasteiger partial charge is 0.379 e. The maximum absolute atomic E-state index is 5.52. The Morgan fingerprint density at radius 3 is 3.12 bits per heavy atom. The van der Waals surface area contributed by atoms with Gasteiger partial charge in [-0.2, -0.15) is 5.10 Å². The standard InChI is InChI=1S/C17H25N5OS/c1-2-16(24-9-1)15(21-5-7-23-8-6-21)12-18-10-14-11-19-17-3-4-20-22(17)13-14/h1-4,9,14-15,18-19H,5-8,10-13H2. The Hall–Kier alpha value is -1.41. The van der Waals surface area contributed by atoms with Crippen LogP contribution in [0.4, 0.5) is 5.82 Å². The number of morpholine rings is 1. The van der Waals surface area contributed by atoms with Gasteiger partial charge in [0.25, 0.3) is 0 Å². The zero-order chi connectivity index (χ0) is 16.2. The van der Waals surface area contributed by atoms with Crippen molar-refractivity contribution in [1.82, 2.24) is 20.0 Å². The summed E-state index contributed by atoms with van der Waals surface area (Å²) in [6.45, 7) is 7.73. The van der Waals surface area contributed by atoms with Crippen LogP contribution in [-0.4, -0.2) is 60.6 Å². The number of nitrogens with zero attached hydrogens (tertiary/aromatic N) is 3. The number of fused-ring (bicyclic) bond motifs is 1. The van der Waals surface area contributed by atoms with Gasteiger partial charge in [0.05, 0.1) is 25.5 Å². The fourth-order valence-corrected chi connectivity index (χ4v) is 4.39. The number of aromatic nitrogens is 2. The molecular weight excluding hydrogens is 322 g/mol. The fraction of sp³-hybridized carbons (Fsp3) is 0.588. The van der Waals surface area contributed by atoms with E-state index in [4.69, 9.17) is 4.74 Å². The molecule has 7 heteroatoms. The Morgan fingerprint density at radius 2 is 2.29 bits per heavy atom. The number of thiophene rings is 1. The number of ether oxygens (including phenoxy) is 1. The molecule has 6 nitrogen and oxygen atoms in total. The maximum Gasteiger partial charge on any atom is 0.124 e. The van der Waals surface area contributed by atoms with E-state index in [1.807, 2.05) is 23.6 Å². The van der Waals surface area contributed by atoms with Crippen LogP contribution in [-0.2, 0) is 11.3 Å². The van der Waals surface area contributed by atoms with Crippen molar-refractivity contribution in [3.8, 4) is 0 Å². The molecule has 130 valence electrons. The van der Waals surface area contributed by atoms with Crippen LogP contribution < -0.4 is 10.6 Å². The van der Waals surface area contributed by atoms with Crippen LogP contribution in [0.3, 0.4) is 0 Å². The average molecular weight is 347 g/mol. The van der Waals surface area contributed by atoms with Gasteiger partial charge in [-0.3, -0.25) is 4.90 Å². The van der Waals surface area contributed by atoms with Crippen molar-refractivity contribution in [3.63, 3.8) is 0 Å². The summed E-state index contributed by atoms with van der Waals surface area (Å²) < 4.78 is 7.58. The van der Waals surface area contributed by atoms with E-state index in [-0.39, 0.29) is 0 Å². The quantitative estimate of drug-likeness (QED) is 0.832. The zero-order valence-corrected chi connectivity index (χ0v) is 14.7. The lowest BCUT2D eigenvalue weighted by Gasteiger charge is -2.34. The van der Waals surface area contributed by atoms with Gasteiger partial charge in [-0.05, 0) is 11.4 Å². The van der Waals surface area contributed by atoms with Gasteiger partial charge in [-0.25, -0.2) is 4.68 Å². The fourth-order valence-electron chi connectivity index (χ4n) is 3.53. The Labute approximate surface area is 146 Å². The van der Waals surface area contributed by atoms with Crippen LogP contribution in [0.2, 0.25) is 0 Å². The first-order valence-electron chi connectivity index (χ1n) is 8.72. The molecule has 1 fully saturated rings. The van der Waals surface area contributed by atoms with E-state index in [0.29, 0.717) is 12.0 Å². The van der Waals surface area contributed by atoms with Crippen molar-refractivity contribution in [1.29, 1.82) is 0 Å². The molecule has 2 N–H and O–H groups in total. The molecule has 0 aromatic carbocycles.